The van der Waals surface area contributed by atoms with Crippen molar-refractivity contribution >= 4 is 0 Å². The lowest BCUT2D eigenvalue weighted by Gasteiger charge is -2.08. The van der Waals surface area contributed by atoms with Gasteiger partial charge >= 0.3 is 0 Å². The van der Waals surface area contributed by atoms with Crippen LogP contribution in [0.5, 0.6) is 0 Å². The van der Waals surface area contributed by atoms with Crippen molar-refractivity contribution in [2.45, 2.75) is 274 Å². The fraction of sp³-hybridized carbons (Fsp3) is 0.734. The van der Waals surface area contributed by atoms with Crippen molar-refractivity contribution in [2.75, 3.05) is 46.9 Å². The van der Waals surface area contributed by atoms with Crippen molar-refractivity contribution < 1.29 is 4.74 Å². The van der Waals surface area contributed by atoms with E-state index in [-0.39, 0.29) is 134 Å². The Balaban J connectivity index is -0.0000000191. The molecule has 4 nitrogen and oxygen atoms in total. The molecule has 2 aliphatic rings. The van der Waals surface area contributed by atoms with E-state index in [2.05, 4.69) is 131 Å². The quantitative estimate of drug-likeness (QED) is 0.256. The minimum atomic E-state index is 0. The van der Waals surface area contributed by atoms with Crippen molar-refractivity contribution in [2.24, 2.45) is 5.92 Å². The molecule has 1 aliphatic heterocycles. The topological polar surface area (TPSA) is 37.4 Å². The van der Waals surface area contributed by atoms with E-state index in [4.69, 9.17) is 0 Å². The van der Waals surface area contributed by atoms with Gasteiger partial charge < -0.3 is 15.0 Å². The summed E-state index contributed by atoms with van der Waals surface area (Å²) >= 11 is 0. The number of aromatic nitrogens is 1. The van der Waals surface area contributed by atoms with Gasteiger partial charge in [0.2, 0.25) is 0 Å². The van der Waals surface area contributed by atoms with E-state index < -0.39 is 0 Å². The molecule has 0 atom stereocenters. The Bertz CT molecular complexity index is 921. The van der Waals surface area contributed by atoms with Crippen molar-refractivity contribution in [3.8, 4) is 0 Å². The molecule has 1 saturated carbocycles. The van der Waals surface area contributed by atoms with Crippen molar-refractivity contribution in [3.05, 3.63) is 101 Å². The van der Waals surface area contributed by atoms with E-state index in [0.29, 0.717) is 0 Å². The zero-order chi connectivity index (χ0) is 38.1. The van der Waals surface area contributed by atoms with E-state index >= 15 is 0 Å². The Kier molecular flexibility index (Phi) is 233. The van der Waals surface area contributed by atoms with Gasteiger partial charge in [-0.2, -0.15) is 0 Å². The highest BCUT2D eigenvalue weighted by atomic mass is 16.5. The Morgan fingerprint density at radius 3 is 1.07 bits per heavy atom. The number of likely N-dealkylation sites (tertiary alicyclic amines) is 1. The minimum absolute atomic E-state index is 0. The van der Waals surface area contributed by atoms with Crippen LogP contribution < -0.4 is 5.32 Å². The molecule has 0 radical (unpaired) electrons. The number of nitrogens with one attached hydrogen (secondary N) is 1. The summed E-state index contributed by atoms with van der Waals surface area (Å²) in [5.74, 6) is 1.10. The summed E-state index contributed by atoms with van der Waals surface area (Å²) in [7, 11) is 3.61. The van der Waals surface area contributed by atoms with Gasteiger partial charge in [0, 0.05) is 25.6 Å². The molecule has 2 heterocycles. The molecule has 0 bridgehead atoms. The number of aryl methyl sites for hydroxylation is 4. The number of rotatable bonds is 7. The molecule has 432 valence electrons. The maximum atomic E-state index is 4.54. The molecule has 2 fully saturated rings. The summed E-state index contributed by atoms with van der Waals surface area (Å²) in [4.78, 5) is 6.58. The fourth-order valence-corrected chi connectivity index (χ4v) is 4.66. The lowest BCUT2D eigenvalue weighted by atomic mass is 10.1. The number of nitrogens with zero attached hydrogens (tertiary/aromatic N) is 2. The summed E-state index contributed by atoms with van der Waals surface area (Å²) in [6, 6.07) is 25.1. The summed E-state index contributed by atoms with van der Waals surface area (Å²) in [5, 5.41) is 2.93. The molecule has 68 heavy (non-hydrogen) atoms. The van der Waals surface area contributed by atoms with Gasteiger partial charge in [0.1, 0.15) is 0 Å². The van der Waals surface area contributed by atoms with Crippen LogP contribution >= 0.6 is 0 Å². The second-order valence-electron chi connectivity index (χ2n) is 12.5. The second-order valence-corrected chi connectivity index (χ2v) is 12.5. The first-order valence-corrected chi connectivity index (χ1v) is 20.2. The second kappa shape index (κ2) is 115. The number of pyridine rings is 1. The van der Waals surface area contributed by atoms with Gasteiger partial charge in [-0.05, 0) is 108 Å². The van der Waals surface area contributed by atoms with Gasteiger partial charge in [-0.25, -0.2) is 0 Å². The largest absolute Gasteiger partial charge is 0.385 e. The van der Waals surface area contributed by atoms with E-state index in [9.17, 15) is 0 Å². The SMILES string of the molecule is C.C.C.C.C.C.C.C.C.C.C.C.C.C.C.C.C.C.CCC.CCC1CCCC1.CCN1CCCC1.CCNC.CCOC.CCc1ccc(C)cc1.CCc1ccccc1.CCc1ccccn1. The molecule has 3 aromatic rings. The predicted molar refractivity (Wildman–Crippen MR) is 348 cm³/mol. The number of hydrogen-bond donors (Lipinski definition) is 1. The van der Waals surface area contributed by atoms with Crippen LogP contribution in [0.4, 0.5) is 0 Å². The van der Waals surface area contributed by atoms with Crippen molar-refractivity contribution in [1.29, 1.82) is 0 Å². The van der Waals surface area contributed by atoms with Gasteiger partial charge in [0.05, 0.1) is 0 Å². The maximum absolute atomic E-state index is 4.54. The third kappa shape index (κ3) is 101. The first kappa shape index (κ1) is 138. The average molecular weight is 983 g/mol. The summed E-state index contributed by atoms with van der Waals surface area (Å²) in [5.41, 5.74) is 5.33. The van der Waals surface area contributed by atoms with Crippen LogP contribution in [-0.2, 0) is 24.0 Å². The number of ether oxygens (including phenoxy) is 1. The molecule has 1 saturated heterocycles. The van der Waals surface area contributed by atoms with E-state index in [1.165, 1.54) is 87.7 Å². The molecule has 1 N–H and O–H groups in total. The number of methoxy groups -OCH3 is 1. The third-order valence-corrected chi connectivity index (χ3v) is 8.21. The molecule has 0 spiro atoms. The van der Waals surface area contributed by atoms with Crippen molar-refractivity contribution in [3.63, 3.8) is 0 Å². The van der Waals surface area contributed by atoms with E-state index in [1.54, 1.807) is 7.11 Å². The zero-order valence-corrected chi connectivity index (χ0v) is 35.2. The van der Waals surface area contributed by atoms with Crippen LogP contribution in [0.1, 0.15) is 270 Å². The molecule has 1 aromatic heterocycles. The summed E-state index contributed by atoms with van der Waals surface area (Å²) in [6.45, 7) is 27.2. The van der Waals surface area contributed by atoms with Crippen LogP contribution in [0.25, 0.3) is 0 Å². The monoisotopic (exact) mass is 982 g/mol. The highest BCUT2D eigenvalue weighted by molar-refractivity contribution is 5.20. The van der Waals surface area contributed by atoms with Crippen LogP contribution in [0.15, 0.2) is 79.0 Å². The molecular formula is C64H155N3O. The first-order valence-electron chi connectivity index (χ1n) is 20.2. The first-order chi connectivity index (χ1) is 24.3. The molecule has 5 rings (SSSR count). The van der Waals surface area contributed by atoms with E-state index in [0.717, 1.165) is 44.0 Å². The highest BCUT2D eigenvalue weighted by Crippen LogP contribution is 2.26. The summed E-state index contributed by atoms with van der Waals surface area (Å²) < 4.78 is 4.54. The maximum Gasteiger partial charge on any atom is 0.0433 e. The smallest absolute Gasteiger partial charge is 0.0433 e. The lowest BCUT2D eigenvalue weighted by Crippen LogP contribution is -2.17. The minimum Gasteiger partial charge on any atom is -0.385 e. The van der Waals surface area contributed by atoms with Crippen LogP contribution in [0.3, 0.4) is 0 Å². The number of hydrogen-bond acceptors (Lipinski definition) is 4. The molecule has 0 amide bonds. The Hall–Kier alpha value is -2.53. The van der Waals surface area contributed by atoms with E-state index in [1.807, 2.05) is 44.4 Å². The standard InChI is InChI=1S/C9H12.C8H10.C7H9N.C7H14.C6H13N.C3H9N.C3H8O.C3H8.18CH4/c1-3-9-6-4-8(2)5-7-9;1-2-8-6-4-3-5-7-8;1-2-7-5-3-4-6-8-7;2*1-2-7-5-3-4-6-7;2*1-3-4-2;1-3-2;;;;;;;;;;;;;;;;;;/h4-7H,3H2,1-2H3;3-7H,2H2,1H3;3-6H,2H2,1H3;7H,2-6H2,1H3;2-6H2,1H3;4H,3H2,1-2H3;3H2,1-2H3;3H2,1-2H3;18*1H4. The van der Waals surface area contributed by atoms with Gasteiger partial charge in [0.25, 0.3) is 0 Å². The molecular weight excluding hydrogens is 827 g/mol. The molecule has 0 unspecified atom stereocenters. The Labute approximate surface area is 445 Å². The fourth-order valence-electron chi connectivity index (χ4n) is 4.66. The molecule has 1 aliphatic carbocycles. The van der Waals surface area contributed by atoms with Crippen molar-refractivity contribution in [1.82, 2.24) is 15.2 Å². The van der Waals surface area contributed by atoms with Crippen LogP contribution in [0.2, 0.25) is 0 Å². The van der Waals surface area contributed by atoms with Crippen LogP contribution in [-0.4, -0.2) is 56.8 Å². The summed E-state index contributed by atoms with van der Waals surface area (Å²) in [6.07, 6.45) is 16.7. The lowest BCUT2D eigenvalue weighted by molar-refractivity contribution is 0.215. The molecule has 2 aromatic carbocycles. The van der Waals surface area contributed by atoms with Gasteiger partial charge in [-0.15, -0.1) is 0 Å². The normalized spacial score (nSPS) is 9.41. The Morgan fingerprint density at radius 1 is 0.515 bits per heavy atom. The third-order valence-electron chi connectivity index (χ3n) is 8.21. The highest BCUT2D eigenvalue weighted by Gasteiger charge is 2.11. The van der Waals surface area contributed by atoms with Gasteiger partial charge in [0.15, 0.2) is 0 Å². The van der Waals surface area contributed by atoms with Gasteiger partial charge in [-0.3, -0.25) is 4.98 Å². The van der Waals surface area contributed by atoms with Gasteiger partial charge in [-0.1, -0.05) is 294 Å². The van der Waals surface area contributed by atoms with Crippen LogP contribution in [0, 0.1) is 12.8 Å². The number of benzene rings is 2. The Morgan fingerprint density at radius 2 is 0.868 bits per heavy atom. The predicted octanol–water partition coefficient (Wildman–Crippen LogP) is 23.9. The molecule has 4 heteroatoms. The average Bonchev–Trinajstić information content (AvgIpc) is 3.93. The zero-order valence-electron chi connectivity index (χ0n) is 35.2.